The highest BCUT2D eigenvalue weighted by Gasteiger charge is 2.47. The van der Waals surface area contributed by atoms with Crippen molar-refractivity contribution < 1.29 is 24.2 Å². The number of rotatable bonds is 6. The number of benzene rings is 3. The molecule has 0 fully saturated rings. The van der Waals surface area contributed by atoms with Crippen LogP contribution in [0, 0.1) is 20.2 Å². The summed E-state index contributed by atoms with van der Waals surface area (Å²) in [6, 6.07) is 8.23. The molecule has 3 aromatic rings. The second-order valence-corrected chi connectivity index (χ2v) is 9.54. The van der Waals surface area contributed by atoms with Gasteiger partial charge in [-0.2, -0.15) is 5.01 Å². The van der Waals surface area contributed by atoms with Crippen LogP contribution in [0.5, 0.6) is 0 Å². The summed E-state index contributed by atoms with van der Waals surface area (Å²) in [6.45, 7) is -0.763. The number of hydrogen-bond acceptors (Lipinski definition) is 7. The molecular weight excluding hydrogens is 610 g/mol. The molecule has 16 heteroatoms. The van der Waals surface area contributed by atoms with E-state index in [1.54, 1.807) is 0 Å². The van der Waals surface area contributed by atoms with Gasteiger partial charge in [0.25, 0.3) is 29.1 Å². The van der Waals surface area contributed by atoms with Gasteiger partial charge in [-0.15, -0.1) is 0 Å². The molecule has 0 saturated heterocycles. The van der Waals surface area contributed by atoms with Gasteiger partial charge in [0.05, 0.1) is 53.2 Å². The lowest BCUT2D eigenvalue weighted by Gasteiger charge is -2.30. The van der Waals surface area contributed by atoms with Crippen molar-refractivity contribution in [1.29, 1.82) is 0 Å². The average Bonchev–Trinajstić information content (AvgIpc) is 3.14. The summed E-state index contributed by atoms with van der Waals surface area (Å²) in [6.07, 6.45) is 0. The second-order valence-electron chi connectivity index (χ2n) is 7.60. The fraction of sp³-hybridized carbons (Fsp3) is 0.0455. The van der Waals surface area contributed by atoms with Crippen LogP contribution in [0.25, 0.3) is 0 Å². The smallest absolute Gasteiger partial charge is 0.267 e. The Kier molecular flexibility index (Phi) is 7.51. The van der Waals surface area contributed by atoms with Crippen LogP contribution in [-0.2, 0) is 6.54 Å². The molecule has 3 aromatic carbocycles. The second kappa shape index (κ2) is 10.4. The van der Waals surface area contributed by atoms with Gasteiger partial charge in [0.2, 0.25) is 0 Å². The molecule has 1 heterocycles. The number of nitro benzene ring substituents is 2. The maximum absolute atomic E-state index is 13.7. The van der Waals surface area contributed by atoms with E-state index in [1.165, 1.54) is 24.3 Å². The molecule has 0 bridgehead atoms. The number of para-hydroxylation sites is 1. The zero-order valence-corrected chi connectivity index (χ0v) is 22.1. The lowest BCUT2D eigenvalue weighted by atomic mass is 10.1. The maximum Gasteiger partial charge on any atom is 0.282 e. The SMILES string of the molecule is O=C(c1ccccc1[N+](=O)[O-])N(Cc1ccc(Cl)cc1[N+](=O)[O-])N1C(=O)c2c(Cl)c(Cl)c(Cl)c(Cl)c2C1=O. The number of halogens is 5. The Morgan fingerprint density at radius 1 is 0.789 bits per heavy atom. The Morgan fingerprint density at radius 3 is 1.84 bits per heavy atom. The molecule has 194 valence electrons. The Hall–Kier alpha value is -3.48. The topological polar surface area (TPSA) is 144 Å². The third-order valence-corrected chi connectivity index (χ3v) is 7.49. The molecule has 11 nitrogen and oxygen atoms in total. The Bertz CT molecular complexity index is 1550. The molecule has 0 atom stereocenters. The van der Waals surface area contributed by atoms with Crippen molar-refractivity contribution in [3.05, 3.63) is 110 Å². The molecule has 4 rings (SSSR count). The van der Waals surface area contributed by atoms with E-state index in [4.69, 9.17) is 58.0 Å². The van der Waals surface area contributed by atoms with E-state index in [9.17, 15) is 34.6 Å². The number of nitrogens with zero attached hydrogens (tertiary/aromatic N) is 4. The first-order valence-corrected chi connectivity index (χ1v) is 12.0. The number of imide groups is 1. The summed E-state index contributed by atoms with van der Waals surface area (Å²) < 4.78 is 0. The number of nitro groups is 2. The van der Waals surface area contributed by atoms with E-state index >= 15 is 0 Å². The number of carbonyl (C=O) groups is 3. The molecule has 0 N–H and O–H groups in total. The Morgan fingerprint density at radius 2 is 1.32 bits per heavy atom. The number of fused-ring (bicyclic) bond motifs is 1. The molecule has 0 saturated carbocycles. The number of hydrazine groups is 1. The predicted molar refractivity (Wildman–Crippen MR) is 138 cm³/mol. The molecular formula is C22H9Cl5N4O7. The van der Waals surface area contributed by atoms with Crippen molar-refractivity contribution in [3.63, 3.8) is 0 Å². The van der Waals surface area contributed by atoms with Gasteiger partial charge >= 0.3 is 0 Å². The fourth-order valence-electron chi connectivity index (χ4n) is 3.74. The van der Waals surface area contributed by atoms with Gasteiger partial charge in [-0.25, -0.2) is 5.01 Å². The van der Waals surface area contributed by atoms with E-state index in [1.807, 2.05) is 0 Å². The van der Waals surface area contributed by atoms with Crippen molar-refractivity contribution in [3.8, 4) is 0 Å². The predicted octanol–water partition coefficient (Wildman–Crippen LogP) is 6.62. The van der Waals surface area contributed by atoms with Gasteiger partial charge in [0.15, 0.2) is 0 Å². The molecule has 0 spiro atoms. The minimum atomic E-state index is -1.21. The monoisotopic (exact) mass is 616 g/mol. The normalized spacial score (nSPS) is 12.5. The fourth-order valence-corrected chi connectivity index (χ4v) is 4.93. The summed E-state index contributed by atoms with van der Waals surface area (Å²) >= 11 is 30.3. The molecule has 1 aliphatic heterocycles. The van der Waals surface area contributed by atoms with Crippen LogP contribution in [0.15, 0.2) is 42.5 Å². The van der Waals surface area contributed by atoms with Crippen molar-refractivity contribution in [2.75, 3.05) is 0 Å². The van der Waals surface area contributed by atoms with E-state index < -0.39 is 72.2 Å². The third-order valence-electron chi connectivity index (χ3n) is 5.45. The van der Waals surface area contributed by atoms with Crippen molar-refractivity contribution in [2.45, 2.75) is 6.54 Å². The van der Waals surface area contributed by atoms with Crippen LogP contribution in [0.3, 0.4) is 0 Å². The lowest BCUT2D eigenvalue weighted by molar-refractivity contribution is -0.385. The molecule has 38 heavy (non-hydrogen) atoms. The van der Waals surface area contributed by atoms with Crippen LogP contribution < -0.4 is 0 Å². The van der Waals surface area contributed by atoms with Crippen LogP contribution in [0.2, 0.25) is 25.1 Å². The number of amides is 3. The van der Waals surface area contributed by atoms with Gasteiger partial charge in [0.1, 0.15) is 5.56 Å². The summed E-state index contributed by atoms with van der Waals surface area (Å²) in [5.41, 5.74) is -2.80. The van der Waals surface area contributed by atoms with E-state index in [0.29, 0.717) is 10.0 Å². The largest absolute Gasteiger partial charge is 0.282 e. The van der Waals surface area contributed by atoms with Gasteiger partial charge in [0, 0.05) is 17.2 Å². The van der Waals surface area contributed by atoms with Crippen LogP contribution >= 0.6 is 58.0 Å². The number of carbonyl (C=O) groups excluding carboxylic acids is 3. The first-order valence-electron chi connectivity index (χ1n) is 10.1. The quantitative estimate of drug-likeness (QED) is 0.0992. The van der Waals surface area contributed by atoms with Crippen LogP contribution in [0.1, 0.15) is 36.6 Å². The highest BCUT2D eigenvalue weighted by molar-refractivity contribution is 6.55. The molecule has 3 amide bonds. The number of hydrogen-bond donors (Lipinski definition) is 0. The van der Waals surface area contributed by atoms with Gasteiger partial charge in [-0.3, -0.25) is 34.6 Å². The molecule has 0 unspecified atom stereocenters. The molecule has 1 aliphatic rings. The molecule has 0 aliphatic carbocycles. The summed E-state index contributed by atoms with van der Waals surface area (Å²) in [5, 5.41) is 22.6. The van der Waals surface area contributed by atoms with E-state index in [2.05, 4.69) is 0 Å². The van der Waals surface area contributed by atoms with Crippen LogP contribution in [-0.4, -0.2) is 37.6 Å². The van der Waals surface area contributed by atoms with Gasteiger partial charge in [-0.1, -0.05) is 70.1 Å². The first kappa shape index (κ1) is 27.6. The standard InChI is InChI=1S/C22H9Cl5N4O7/c23-10-6-5-9(13(7-10)31(37)38)8-28(20(32)11-3-1-2-4-12(11)30(35)36)29-21(33)14-15(22(29)34)17(25)19(27)18(26)16(14)24/h1-7H,8H2. The Labute approximate surface area is 237 Å². The highest BCUT2D eigenvalue weighted by Crippen LogP contribution is 2.45. The minimum absolute atomic E-state index is 0.000557. The van der Waals surface area contributed by atoms with E-state index in [0.717, 1.165) is 18.2 Å². The van der Waals surface area contributed by atoms with Crippen molar-refractivity contribution in [1.82, 2.24) is 10.0 Å². The zero-order valence-electron chi connectivity index (χ0n) is 18.3. The van der Waals surface area contributed by atoms with Gasteiger partial charge < -0.3 is 0 Å². The Balaban J connectivity index is 1.93. The zero-order chi connectivity index (χ0) is 28.0. The summed E-state index contributed by atoms with van der Waals surface area (Å²) in [7, 11) is 0. The summed E-state index contributed by atoms with van der Waals surface area (Å²) in [4.78, 5) is 62.3. The maximum atomic E-state index is 13.7. The van der Waals surface area contributed by atoms with Gasteiger partial charge in [-0.05, 0) is 18.2 Å². The lowest BCUT2D eigenvalue weighted by Crippen LogP contribution is -2.49. The van der Waals surface area contributed by atoms with E-state index in [-0.39, 0.29) is 20.6 Å². The molecule has 0 radical (unpaired) electrons. The van der Waals surface area contributed by atoms with Crippen molar-refractivity contribution >= 4 is 87.1 Å². The molecule has 0 aromatic heterocycles. The summed E-state index contributed by atoms with van der Waals surface area (Å²) in [5.74, 6) is -3.54. The van der Waals surface area contributed by atoms with Crippen LogP contribution in [0.4, 0.5) is 11.4 Å². The average molecular weight is 619 g/mol. The highest BCUT2D eigenvalue weighted by atomic mass is 35.5. The third kappa shape index (κ3) is 4.52. The first-order chi connectivity index (χ1) is 17.9. The van der Waals surface area contributed by atoms with Crippen molar-refractivity contribution in [2.24, 2.45) is 0 Å². The minimum Gasteiger partial charge on any atom is -0.267 e.